The first-order valence-electron chi connectivity index (χ1n) is 11.6. The summed E-state index contributed by atoms with van der Waals surface area (Å²) >= 11 is 0. The van der Waals surface area contributed by atoms with Gasteiger partial charge in [-0.2, -0.15) is 0 Å². The van der Waals surface area contributed by atoms with Crippen molar-refractivity contribution in [3.8, 4) is 0 Å². The Morgan fingerprint density at radius 2 is 1.70 bits per heavy atom. The Labute approximate surface area is 196 Å². The summed E-state index contributed by atoms with van der Waals surface area (Å²) in [5, 5.41) is 1.61. The third-order valence-electron chi connectivity index (χ3n) is 7.38. The van der Waals surface area contributed by atoms with Gasteiger partial charge in [-0.25, -0.2) is 9.99 Å². The summed E-state index contributed by atoms with van der Waals surface area (Å²) in [4.78, 5) is 22.3. The Balaban J connectivity index is 1.30. The number of hydrazine groups is 1. The molecule has 174 valence electrons. The summed E-state index contributed by atoms with van der Waals surface area (Å²) in [6, 6.07) is 9.73. The Morgan fingerprint density at radius 3 is 2.33 bits per heavy atom. The highest BCUT2D eigenvalue weighted by molar-refractivity contribution is 6.62. The lowest BCUT2D eigenvalue weighted by Crippen LogP contribution is -2.44. The number of hydrogen-bond acceptors (Lipinski definition) is 7. The normalized spacial score (nSPS) is 22.1. The van der Waals surface area contributed by atoms with E-state index in [1.807, 2.05) is 58.2 Å². The number of anilines is 2. The number of rotatable bonds is 4. The van der Waals surface area contributed by atoms with Crippen LogP contribution < -0.4 is 15.8 Å². The fraction of sp³-hybridized carbons (Fsp3) is 0.500. The number of nitrogens with one attached hydrogen (secondary N) is 1. The van der Waals surface area contributed by atoms with Crippen LogP contribution in [0.5, 0.6) is 0 Å². The van der Waals surface area contributed by atoms with Crippen LogP contribution >= 0.6 is 0 Å². The Morgan fingerprint density at radius 1 is 1.00 bits per heavy atom. The largest absolute Gasteiger partial charge is 0.495 e. The van der Waals surface area contributed by atoms with Crippen molar-refractivity contribution in [3.05, 3.63) is 47.7 Å². The van der Waals surface area contributed by atoms with Crippen LogP contribution in [0.4, 0.5) is 11.5 Å². The van der Waals surface area contributed by atoms with Crippen molar-refractivity contribution < 1.29 is 14.1 Å². The molecule has 2 aromatic rings. The van der Waals surface area contributed by atoms with Crippen LogP contribution in [-0.4, -0.2) is 72.3 Å². The zero-order valence-corrected chi connectivity index (χ0v) is 20.1. The lowest BCUT2D eigenvalue weighted by atomic mass is 9.75. The summed E-state index contributed by atoms with van der Waals surface area (Å²) < 4.78 is 12.5. The van der Waals surface area contributed by atoms with Gasteiger partial charge in [-0.05, 0) is 64.0 Å². The number of nitrogens with zero attached hydrogens (tertiary/aromatic N) is 4. The summed E-state index contributed by atoms with van der Waals surface area (Å²) in [6.45, 7) is 12.6. The Hall–Kier alpha value is -2.62. The third kappa shape index (κ3) is 3.98. The molecule has 0 unspecified atom stereocenters. The second-order valence-electron chi connectivity index (χ2n) is 10.2. The number of carbonyl (C=O) groups excluding carboxylic acids is 1. The monoisotopic (exact) mass is 449 g/mol. The number of amides is 1. The first-order valence-corrected chi connectivity index (χ1v) is 11.6. The molecule has 0 saturated carbocycles. The molecular weight excluding hydrogens is 417 g/mol. The van der Waals surface area contributed by atoms with Gasteiger partial charge in [0.25, 0.3) is 5.91 Å². The summed E-state index contributed by atoms with van der Waals surface area (Å²) in [6.07, 6.45) is 1.87. The molecule has 33 heavy (non-hydrogen) atoms. The Bertz CT molecular complexity index is 1030. The van der Waals surface area contributed by atoms with Gasteiger partial charge < -0.3 is 19.1 Å². The van der Waals surface area contributed by atoms with Crippen molar-refractivity contribution in [1.29, 1.82) is 0 Å². The van der Waals surface area contributed by atoms with Crippen LogP contribution in [0, 0.1) is 0 Å². The van der Waals surface area contributed by atoms with Crippen LogP contribution in [0.1, 0.15) is 43.6 Å². The van der Waals surface area contributed by atoms with E-state index in [2.05, 4.69) is 33.3 Å². The number of likely N-dealkylation sites (N-methyl/N-ethyl adjacent to an activating group) is 1. The van der Waals surface area contributed by atoms with Crippen LogP contribution in [0.25, 0.3) is 0 Å². The number of pyridine rings is 1. The standard InChI is InChI=1S/C24H32BN5O3/c1-23(2)24(3,4)33-25(32-23)20-8-6-7-18-19(20)16-30(22(18)31)27-21-10-9-17(15-26-21)29-13-11-28(5)12-14-29/h6-10,15H,11-14,16H2,1-5H3,(H,26,27). The highest BCUT2D eigenvalue weighted by Crippen LogP contribution is 2.37. The molecule has 1 aromatic heterocycles. The van der Waals surface area contributed by atoms with E-state index in [0.29, 0.717) is 17.9 Å². The van der Waals surface area contributed by atoms with Gasteiger partial charge >= 0.3 is 7.12 Å². The van der Waals surface area contributed by atoms with Gasteiger partial charge in [-0.3, -0.25) is 10.2 Å². The summed E-state index contributed by atoms with van der Waals surface area (Å²) in [5.74, 6) is 0.569. The van der Waals surface area contributed by atoms with E-state index in [4.69, 9.17) is 9.31 Å². The van der Waals surface area contributed by atoms with Crippen molar-refractivity contribution in [3.63, 3.8) is 0 Å². The molecule has 1 amide bonds. The molecule has 3 aliphatic heterocycles. The minimum Gasteiger partial charge on any atom is -0.399 e. The van der Waals surface area contributed by atoms with Crippen LogP contribution in [0.15, 0.2) is 36.5 Å². The van der Waals surface area contributed by atoms with E-state index >= 15 is 0 Å². The maximum Gasteiger partial charge on any atom is 0.495 e. The van der Waals surface area contributed by atoms with Gasteiger partial charge in [-0.15, -0.1) is 0 Å². The number of carbonyl (C=O) groups is 1. The van der Waals surface area contributed by atoms with Crippen molar-refractivity contribution in [2.24, 2.45) is 0 Å². The molecule has 2 saturated heterocycles. The van der Waals surface area contributed by atoms with E-state index in [-0.39, 0.29) is 5.91 Å². The van der Waals surface area contributed by atoms with Crippen LogP contribution in [0.3, 0.4) is 0 Å². The molecule has 0 radical (unpaired) electrons. The molecule has 1 N–H and O–H groups in total. The van der Waals surface area contributed by atoms with Gasteiger partial charge in [0.05, 0.1) is 29.6 Å². The molecular formula is C24H32BN5O3. The molecule has 8 nitrogen and oxygen atoms in total. The molecule has 3 aliphatic rings. The average Bonchev–Trinajstić information content (AvgIpc) is 3.20. The molecule has 0 atom stereocenters. The van der Waals surface area contributed by atoms with E-state index in [1.54, 1.807) is 5.01 Å². The molecule has 9 heteroatoms. The van der Waals surface area contributed by atoms with Gasteiger partial charge in [0.2, 0.25) is 0 Å². The quantitative estimate of drug-likeness (QED) is 0.718. The predicted molar refractivity (Wildman–Crippen MR) is 130 cm³/mol. The summed E-state index contributed by atoms with van der Waals surface area (Å²) in [7, 11) is 1.64. The number of benzene rings is 1. The first kappa shape index (κ1) is 22.2. The zero-order valence-electron chi connectivity index (χ0n) is 20.1. The number of fused-ring (bicyclic) bond motifs is 1. The molecule has 1 aromatic carbocycles. The highest BCUT2D eigenvalue weighted by Gasteiger charge is 2.52. The average molecular weight is 449 g/mol. The topological polar surface area (TPSA) is 70.2 Å². The molecule has 5 rings (SSSR count). The van der Waals surface area contributed by atoms with Crippen molar-refractivity contribution >= 4 is 30.0 Å². The molecule has 0 aliphatic carbocycles. The van der Waals surface area contributed by atoms with E-state index in [1.165, 1.54) is 0 Å². The third-order valence-corrected chi connectivity index (χ3v) is 7.38. The number of hydrogen-bond donors (Lipinski definition) is 1. The first-order chi connectivity index (χ1) is 15.6. The fourth-order valence-corrected chi connectivity index (χ4v) is 4.48. The highest BCUT2D eigenvalue weighted by atomic mass is 16.7. The van der Waals surface area contributed by atoms with Crippen LogP contribution in [-0.2, 0) is 15.9 Å². The molecule has 0 spiro atoms. The summed E-state index contributed by atoms with van der Waals surface area (Å²) in [5.41, 5.74) is 5.93. The fourth-order valence-electron chi connectivity index (χ4n) is 4.48. The lowest BCUT2D eigenvalue weighted by molar-refractivity contribution is 0.00578. The van der Waals surface area contributed by atoms with Crippen molar-refractivity contribution in [2.45, 2.75) is 45.4 Å². The Kier molecular flexibility index (Phi) is 5.38. The second kappa shape index (κ2) is 8.00. The molecule has 0 bridgehead atoms. The molecule has 4 heterocycles. The van der Waals surface area contributed by atoms with Crippen LogP contribution in [0.2, 0.25) is 0 Å². The zero-order chi connectivity index (χ0) is 23.4. The predicted octanol–water partition coefficient (Wildman–Crippen LogP) is 2.12. The van der Waals surface area contributed by atoms with E-state index in [0.717, 1.165) is 42.9 Å². The van der Waals surface area contributed by atoms with Crippen molar-refractivity contribution in [2.75, 3.05) is 43.6 Å². The van der Waals surface area contributed by atoms with Gasteiger partial charge in [0, 0.05) is 31.7 Å². The maximum atomic E-state index is 13.1. The van der Waals surface area contributed by atoms with Gasteiger partial charge in [-0.1, -0.05) is 12.1 Å². The van der Waals surface area contributed by atoms with Gasteiger partial charge in [0.1, 0.15) is 5.82 Å². The molecule has 2 fully saturated rings. The lowest BCUT2D eigenvalue weighted by Gasteiger charge is -2.33. The minimum absolute atomic E-state index is 0.0756. The van der Waals surface area contributed by atoms with Gasteiger partial charge in [0.15, 0.2) is 0 Å². The smallest absolute Gasteiger partial charge is 0.399 e. The SMILES string of the molecule is CN1CCN(c2ccc(NN3Cc4c(B5OC(C)(C)C(C)(C)O5)cccc4C3=O)nc2)CC1. The number of piperazine rings is 1. The second-order valence-corrected chi connectivity index (χ2v) is 10.2. The minimum atomic E-state index is -0.501. The van der Waals surface area contributed by atoms with E-state index < -0.39 is 18.3 Å². The maximum absolute atomic E-state index is 13.1. The van der Waals surface area contributed by atoms with Crippen molar-refractivity contribution in [1.82, 2.24) is 14.9 Å². The number of aromatic nitrogens is 1. The van der Waals surface area contributed by atoms with E-state index in [9.17, 15) is 4.79 Å².